The van der Waals surface area contributed by atoms with E-state index in [1.54, 1.807) is 5.54 Å². The van der Waals surface area contributed by atoms with E-state index in [-0.39, 0.29) is 0 Å². The number of halogens is 2. The van der Waals surface area contributed by atoms with E-state index in [4.69, 9.17) is 23.2 Å². The highest BCUT2D eigenvalue weighted by Gasteiger charge is 2.22. The Hall–Kier alpha value is 0.280. The molecule has 2 atom stereocenters. The van der Waals surface area contributed by atoms with Crippen LogP contribution >= 0.6 is 23.2 Å². The first-order valence-corrected chi connectivity index (χ1v) is 5.82. The standard InChI is InChI=1S/C10H17Cl2N/c11-6-3-7-13-8-9-4-1-2-5-10(9)12/h3,6,9-10,13H,1-2,4-5,7-8H2/b6-3+. The van der Waals surface area contributed by atoms with Crippen molar-refractivity contribution < 1.29 is 0 Å². The van der Waals surface area contributed by atoms with Crippen molar-refractivity contribution in [1.29, 1.82) is 0 Å². The Balaban J connectivity index is 2.11. The van der Waals surface area contributed by atoms with Crippen LogP contribution < -0.4 is 5.32 Å². The first-order valence-electron chi connectivity index (χ1n) is 4.94. The van der Waals surface area contributed by atoms with Gasteiger partial charge in [-0.1, -0.05) is 30.5 Å². The highest BCUT2D eigenvalue weighted by Crippen LogP contribution is 2.27. The summed E-state index contributed by atoms with van der Waals surface area (Å²) >= 11 is 11.6. The van der Waals surface area contributed by atoms with Gasteiger partial charge in [0.25, 0.3) is 0 Å². The minimum atomic E-state index is 0.376. The van der Waals surface area contributed by atoms with Crippen LogP contribution in [0.5, 0.6) is 0 Å². The second kappa shape index (κ2) is 6.69. The van der Waals surface area contributed by atoms with E-state index >= 15 is 0 Å². The molecule has 1 nitrogen and oxygen atoms in total. The highest BCUT2D eigenvalue weighted by atomic mass is 35.5. The van der Waals surface area contributed by atoms with Crippen molar-refractivity contribution in [1.82, 2.24) is 5.32 Å². The van der Waals surface area contributed by atoms with Crippen LogP contribution in [0.3, 0.4) is 0 Å². The number of hydrogen-bond donors (Lipinski definition) is 1. The summed E-state index contributed by atoms with van der Waals surface area (Å²) in [6.07, 6.45) is 6.99. The number of nitrogens with one attached hydrogen (secondary N) is 1. The Kier molecular flexibility index (Phi) is 5.85. The third kappa shape index (κ3) is 4.35. The highest BCUT2D eigenvalue weighted by molar-refractivity contribution is 6.25. The maximum absolute atomic E-state index is 6.21. The molecular formula is C10H17Cl2N. The fourth-order valence-corrected chi connectivity index (χ4v) is 2.25. The topological polar surface area (TPSA) is 12.0 Å². The maximum Gasteiger partial charge on any atom is 0.0376 e. The molecule has 0 aliphatic heterocycles. The third-order valence-electron chi connectivity index (χ3n) is 2.57. The molecule has 1 aliphatic rings. The van der Waals surface area contributed by atoms with Crippen molar-refractivity contribution in [3.63, 3.8) is 0 Å². The Morgan fingerprint density at radius 2 is 2.08 bits per heavy atom. The van der Waals surface area contributed by atoms with Gasteiger partial charge in [0, 0.05) is 17.5 Å². The normalized spacial score (nSPS) is 29.7. The van der Waals surface area contributed by atoms with Crippen molar-refractivity contribution >= 4 is 23.2 Å². The lowest BCUT2D eigenvalue weighted by molar-refractivity contribution is 0.353. The lowest BCUT2D eigenvalue weighted by Gasteiger charge is -2.26. The Morgan fingerprint density at radius 3 is 2.77 bits per heavy atom. The summed E-state index contributed by atoms with van der Waals surface area (Å²) in [5, 5.41) is 3.71. The van der Waals surface area contributed by atoms with Crippen LogP contribution in [-0.2, 0) is 0 Å². The number of rotatable bonds is 4. The van der Waals surface area contributed by atoms with Crippen molar-refractivity contribution in [2.75, 3.05) is 13.1 Å². The zero-order valence-corrected chi connectivity index (χ0v) is 9.32. The quantitative estimate of drug-likeness (QED) is 0.569. The molecule has 76 valence electrons. The zero-order valence-electron chi connectivity index (χ0n) is 7.81. The number of alkyl halides is 1. The van der Waals surface area contributed by atoms with Crippen molar-refractivity contribution in [3.8, 4) is 0 Å². The van der Waals surface area contributed by atoms with E-state index in [0.717, 1.165) is 13.1 Å². The van der Waals surface area contributed by atoms with Crippen molar-refractivity contribution in [3.05, 3.63) is 11.6 Å². The monoisotopic (exact) mass is 221 g/mol. The van der Waals surface area contributed by atoms with Crippen LogP contribution in [0.15, 0.2) is 11.6 Å². The van der Waals surface area contributed by atoms with Gasteiger partial charge in [-0.15, -0.1) is 11.6 Å². The van der Waals surface area contributed by atoms with E-state index in [1.165, 1.54) is 25.7 Å². The molecule has 3 heteroatoms. The van der Waals surface area contributed by atoms with Crippen molar-refractivity contribution in [2.24, 2.45) is 5.92 Å². The smallest absolute Gasteiger partial charge is 0.0376 e. The molecule has 13 heavy (non-hydrogen) atoms. The molecule has 1 aliphatic carbocycles. The van der Waals surface area contributed by atoms with E-state index in [0.29, 0.717) is 11.3 Å². The molecule has 0 radical (unpaired) electrons. The van der Waals surface area contributed by atoms with Crippen LogP contribution in [0.4, 0.5) is 0 Å². The SMILES string of the molecule is Cl/C=C/CNCC1CCCCC1Cl. The summed E-state index contributed by atoms with van der Waals surface area (Å²) in [4.78, 5) is 0. The predicted molar refractivity (Wildman–Crippen MR) is 59.5 cm³/mol. The van der Waals surface area contributed by atoms with Gasteiger partial charge in [-0.2, -0.15) is 0 Å². The molecule has 0 bridgehead atoms. The van der Waals surface area contributed by atoms with Gasteiger partial charge in [-0.3, -0.25) is 0 Å². The van der Waals surface area contributed by atoms with Gasteiger partial charge in [-0.05, 0) is 25.3 Å². The van der Waals surface area contributed by atoms with Crippen LogP contribution in [0, 0.1) is 5.92 Å². The molecule has 0 aromatic rings. The molecule has 1 fully saturated rings. The molecule has 2 unspecified atom stereocenters. The summed E-state index contributed by atoms with van der Waals surface area (Å²) < 4.78 is 0. The maximum atomic E-state index is 6.21. The molecule has 0 aromatic heterocycles. The minimum Gasteiger partial charge on any atom is -0.313 e. The molecular weight excluding hydrogens is 205 g/mol. The third-order valence-corrected chi connectivity index (χ3v) is 3.33. The summed E-state index contributed by atoms with van der Waals surface area (Å²) in [7, 11) is 0. The lowest BCUT2D eigenvalue weighted by Crippen LogP contribution is -2.31. The van der Waals surface area contributed by atoms with E-state index < -0.39 is 0 Å². The molecule has 0 amide bonds. The van der Waals surface area contributed by atoms with E-state index in [9.17, 15) is 0 Å². The second-order valence-corrected chi connectivity index (χ2v) is 4.39. The van der Waals surface area contributed by atoms with Crippen LogP contribution in [0.2, 0.25) is 0 Å². The molecule has 0 saturated heterocycles. The summed E-state index contributed by atoms with van der Waals surface area (Å²) in [5.41, 5.74) is 1.55. The lowest BCUT2D eigenvalue weighted by atomic mass is 9.89. The second-order valence-electron chi connectivity index (χ2n) is 3.58. The summed E-state index contributed by atoms with van der Waals surface area (Å²) in [6, 6.07) is 0. The average Bonchev–Trinajstić information content (AvgIpc) is 2.15. The van der Waals surface area contributed by atoms with Crippen molar-refractivity contribution in [2.45, 2.75) is 31.1 Å². The first kappa shape index (κ1) is 11.4. The molecule has 0 heterocycles. The Morgan fingerprint density at radius 1 is 1.31 bits per heavy atom. The van der Waals surface area contributed by atoms with Gasteiger partial charge < -0.3 is 5.32 Å². The zero-order chi connectivity index (χ0) is 9.52. The predicted octanol–water partition coefficient (Wildman–Crippen LogP) is 3.13. The summed E-state index contributed by atoms with van der Waals surface area (Å²) in [6.45, 7) is 1.87. The first-order chi connectivity index (χ1) is 6.34. The Labute approximate surface area is 90.5 Å². The molecule has 0 aromatic carbocycles. The Bertz CT molecular complexity index is 159. The van der Waals surface area contributed by atoms with E-state index in [1.807, 2.05) is 6.08 Å². The van der Waals surface area contributed by atoms with Gasteiger partial charge in [-0.25, -0.2) is 0 Å². The van der Waals surface area contributed by atoms with Gasteiger partial charge in [0.15, 0.2) is 0 Å². The van der Waals surface area contributed by atoms with Gasteiger partial charge >= 0.3 is 0 Å². The molecule has 1 saturated carbocycles. The van der Waals surface area contributed by atoms with Crippen LogP contribution in [0.1, 0.15) is 25.7 Å². The van der Waals surface area contributed by atoms with Crippen LogP contribution in [-0.4, -0.2) is 18.5 Å². The minimum absolute atomic E-state index is 0.376. The fourth-order valence-electron chi connectivity index (χ4n) is 1.79. The average molecular weight is 222 g/mol. The largest absolute Gasteiger partial charge is 0.313 e. The molecule has 0 spiro atoms. The van der Waals surface area contributed by atoms with Gasteiger partial charge in [0.1, 0.15) is 0 Å². The molecule has 1 rings (SSSR count). The van der Waals surface area contributed by atoms with Gasteiger partial charge in [0.2, 0.25) is 0 Å². The fraction of sp³-hybridized carbons (Fsp3) is 0.800. The van der Waals surface area contributed by atoms with Gasteiger partial charge in [0.05, 0.1) is 0 Å². The van der Waals surface area contributed by atoms with Crippen LogP contribution in [0.25, 0.3) is 0 Å². The number of hydrogen-bond acceptors (Lipinski definition) is 1. The summed E-state index contributed by atoms with van der Waals surface area (Å²) in [5.74, 6) is 0.652. The molecule has 1 N–H and O–H groups in total. The van der Waals surface area contributed by atoms with E-state index in [2.05, 4.69) is 5.32 Å².